The fourth-order valence-electron chi connectivity index (χ4n) is 8.94. The van der Waals surface area contributed by atoms with E-state index in [1.165, 1.54) is 24.3 Å². The van der Waals surface area contributed by atoms with E-state index in [9.17, 15) is 5.11 Å². The van der Waals surface area contributed by atoms with Gasteiger partial charge >= 0.3 is 0 Å². The molecule has 0 aliphatic heterocycles. The van der Waals surface area contributed by atoms with E-state index in [2.05, 4.69) is 65.8 Å². The summed E-state index contributed by atoms with van der Waals surface area (Å²) in [6.45, 7) is 3.85. The number of aromatic hydroxyl groups is 1. The monoisotopic (exact) mass is 890 g/mol. The molecule has 0 aliphatic rings. The summed E-state index contributed by atoms with van der Waals surface area (Å²) in [5.41, 5.74) is 9.21. The summed E-state index contributed by atoms with van der Waals surface area (Å²) in [6, 6.07) is 46.9. The van der Waals surface area contributed by atoms with Crippen LogP contribution in [0.5, 0.6) is 5.75 Å². The lowest BCUT2D eigenvalue weighted by atomic mass is 9.83. The average molecular weight is 890 g/mol. The van der Waals surface area contributed by atoms with Gasteiger partial charge in [-0.2, -0.15) is 0 Å². The number of fused-ring (bicyclic) bond motifs is 1. The van der Waals surface area contributed by atoms with Crippen molar-refractivity contribution in [2.24, 2.45) is 0 Å². The Morgan fingerprint density at radius 2 is 1.15 bits per heavy atom. The summed E-state index contributed by atoms with van der Waals surface area (Å²) in [4.78, 5) is 10.3. The minimum Gasteiger partial charge on any atom is -0.507 e. The number of rotatable bonds is 7. The summed E-state index contributed by atoms with van der Waals surface area (Å²) < 4.78 is 103. The number of aryl methyl sites for hydroxylation is 3. The maximum atomic E-state index is 12.0. The third-order valence-electron chi connectivity index (χ3n) is 12.7. The van der Waals surface area contributed by atoms with Crippen LogP contribution in [0.15, 0.2) is 158 Å². The molecule has 9 rings (SSSR count). The standard InChI is InChI=1S/C63H63N3O/c1-39-31-41(3)59(67)54(32-39)60-65-58-51(46-34-47(36-50(35-46)63(10,11)12)55-37-45(29-30-64-55)42-21-25-48(26-22-42)61(4,5)6)19-16-20-56(58)66(60)57-33-40(2)52(38-53(57)43-17-14-13-15-18-43)44-23-27-49(28-24-44)62(7,8)9/h13-38,67H,1-12H3/i2D3,4D3,5D3,6D3. The van der Waals surface area contributed by atoms with Crippen molar-refractivity contribution in [2.45, 2.75) is 99.0 Å². The molecule has 0 saturated heterocycles. The van der Waals surface area contributed by atoms with Crippen LogP contribution in [0.1, 0.15) is 112 Å². The van der Waals surface area contributed by atoms with Crippen LogP contribution in [0.2, 0.25) is 0 Å². The van der Waals surface area contributed by atoms with Crippen LogP contribution in [0, 0.1) is 20.7 Å². The summed E-state index contributed by atoms with van der Waals surface area (Å²) in [5, 5.41) is 12.0. The molecular weight excluding hydrogens is 815 g/mol. The van der Waals surface area contributed by atoms with E-state index < -0.39 is 32.8 Å². The molecule has 0 aliphatic carbocycles. The van der Waals surface area contributed by atoms with Gasteiger partial charge in [0.25, 0.3) is 0 Å². The Labute approximate surface area is 414 Å². The predicted octanol–water partition coefficient (Wildman–Crippen LogP) is 16.9. The Balaban J connectivity index is 1.27. The zero-order chi connectivity index (χ0) is 57.6. The lowest BCUT2D eigenvalue weighted by Crippen LogP contribution is -2.11. The Hall–Kier alpha value is -7.04. The third-order valence-corrected chi connectivity index (χ3v) is 12.7. The van der Waals surface area contributed by atoms with Gasteiger partial charge in [-0.25, -0.2) is 4.98 Å². The third kappa shape index (κ3) is 8.86. The molecule has 0 amide bonds. The fraction of sp³-hybridized carbons (Fsp3) is 0.238. The van der Waals surface area contributed by atoms with Gasteiger partial charge in [0, 0.05) is 39.3 Å². The smallest absolute Gasteiger partial charge is 0.149 e. The van der Waals surface area contributed by atoms with Gasteiger partial charge in [-0.1, -0.05) is 165 Å². The van der Waals surface area contributed by atoms with Crippen LogP contribution in [-0.2, 0) is 16.2 Å². The highest BCUT2D eigenvalue weighted by molar-refractivity contribution is 5.98. The van der Waals surface area contributed by atoms with Gasteiger partial charge in [0.15, 0.2) is 0 Å². The first-order valence-electron chi connectivity index (χ1n) is 28.6. The molecule has 1 N–H and O–H groups in total. The number of pyridine rings is 1. The molecule has 0 fully saturated rings. The number of nitrogens with zero attached hydrogens (tertiary/aromatic N) is 3. The van der Waals surface area contributed by atoms with E-state index in [4.69, 9.17) is 26.4 Å². The number of para-hydroxylation sites is 1. The molecule has 336 valence electrons. The highest BCUT2D eigenvalue weighted by Gasteiger charge is 2.26. The van der Waals surface area contributed by atoms with Gasteiger partial charge in [0.05, 0.1) is 28.0 Å². The summed E-state index contributed by atoms with van der Waals surface area (Å²) in [5.74, 6) is 0.449. The molecule has 67 heavy (non-hydrogen) atoms. The molecule has 4 heteroatoms. The van der Waals surface area contributed by atoms with E-state index in [-0.39, 0.29) is 27.7 Å². The number of hydrogen-bond donors (Lipinski definition) is 1. The molecule has 0 spiro atoms. The van der Waals surface area contributed by atoms with Crippen LogP contribution in [0.25, 0.3) is 83.9 Å². The molecule has 0 unspecified atom stereocenters. The van der Waals surface area contributed by atoms with Crippen molar-refractivity contribution < 1.29 is 21.6 Å². The predicted molar refractivity (Wildman–Crippen MR) is 283 cm³/mol. The first-order chi connectivity index (χ1) is 36.7. The number of aromatic nitrogens is 3. The summed E-state index contributed by atoms with van der Waals surface area (Å²) in [7, 11) is 0. The maximum absolute atomic E-state index is 12.0. The summed E-state index contributed by atoms with van der Waals surface area (Å²) in [6.07, 6.45) is 1.65. The molecule has 0 saturated carbocycles. The fourth-order valence-corrected chi connectivity index (χ4v) is 8.94. The second kappa shape index (κ2) is 17.0. The van der Waals surface area contributed by atoms with Crippen molar-refractivity contribution in [2.75, 3.05) is 0 Å². The van der Waals surface area contributed by atoms with E-state index in [0.717, 1.165) is 50.1 Å². The Bertz CT molecular complexity index is 3730. The van der Waals surface area contributed by atoms with Crippen molar-refractivity contribution in [1.29, 1.82) is 0 Å². The minimum atomic E-state index is -3.39. The Morgan fingerprint density at radius 1 is 0.493 bits per heavy atom. The first kappa shape index (κ1) is 32.6. The van der Waals surface area contributed by atoms with Crippen LogP contribution in [0.4, 0.5) is 0 Å². The molecular formula is C63H63N3O. The highest BCUT2D eigenvalue weighted by Crippen LogP contribution is 2.44. The van der Waals surface area contributed by atoms with Crippen molar-refractivity contribution >= 4 is 11.0 Å². The van der Waals surface area contributed by atoms with Crippen molar-refractivity contribution in [3.63, 3.8) is 0 Å². The van der Waals surface area contributed by atoms with Gasteiger partial charge < -0.3 is 5.11 Å². The van der Waals surface area contributed by atoms with Gasteiger partial charge in [0.1, 0.15) is 11.6 Å². The van der Waals surface area contributed by atoms with Gasteiger partial charge in [0.2, 0.25) is 0 Å². The van der Waals surface area contributed by atoms with E-state index in [1.807, 2.05) is 109 Å². The first-order valence-corrected chi connectivity index (χ1v) is 22.6. The lowest BCUT2D eigenvalue weighted by Gasteiger charge is -2.22. The zero-order valence-electron chi connectivity index (χ0n) is 51.3. The lowest BCUT2D eigenvalue weighted by molar-refractivity contribution is 0.472. The zero-order valence-corrected chi connectivity index (χ0v) is 39.3. The van der Waals surface area contributed by atoms with Crippen LogP contribution < -0.4 is 0 Å². The van der Waals surface area contributed by atoms with Crippen LogP contribution in [0.3, 0.4) is 0 Å². The molecule has 2 aromatic heterocycles. The van der Waals surface area contributed by atoms with Crippen LogP contribution in [-0.4, -0.2) is 19.6 Å². The molecule has 7 aromatic carbocycles. The van der Waals surface area contributed by atoms with Crippen molar-refractivity contribution in [1.82, 2.24) is 14.5 Å². The average Bonchev–Trinajstić information content (AvgIpc) is 3.84. The Kier molecular flexibility index (Phi) is 8.27. The number of phenolic OH excluding ortho intramolecular Hbond substituents is 1. The second-order valence-electron chi connectivity index (χ2n) is 19.8. The highest BCUT2D eigenvalue weighted by atomic mass is 16.3. The molecule has 0 atom stereocenters. The van der Waals surface area contributed by atoms with Crippen molar-refractivity contribution in [3.8, 4) is 78.6 Å². The number of phenols is 1. The number of imidazole rings is 1. The molecule has 2 heterocycles. The normalized spacial score (nSPS) is 15.6. The number of benzene rings is 7. The van der Waals surface area contributed by atoms with E-state index >= 15 is 0 Å². The van der Waals surface area contributed by atoms with E-state index in [0.29, 0.717) is 56.1 Å². The van der Waals surface area contributed by atoms with E-state index in [1.54, 1.807) is 18.3 Å². The Morgan fingerprint density at radius 3 is 1.82 bits per heavy atom. The van der Waals surface area contributed by atoms with Gasteiger partial charge in [-0.15, -0.1) is 0 Å². The molecule has 9 aromatic rings. The summed E-state index contributed by atoms with van der Waals surface area (Å²) >= 11 is 0. The van der Waals surface area contributed by atoms with Gasteiger partial charge in [-0.05, 0) is 152 Å². The molecule has 0 radical (unpaired) electrons. The minimum absolute atomic E-state index is 0.0420. The maximum Gasteiger partial charge on any atom is 0.149 e. The molecule has 4 nitrogen and oxygen atoms in total. The van der Waals surface area contributed by atoms with Crippen molar-refractivity contribution in [3.05, 3.63) is 191 Å². The molecule has 0 bridgehead atoms. The van der Waals surface area contributed by atoms with Gasteiger partial charge in [-0.3, -0.25) is 9.55 Å². The number of hydrogen-bond acceptors (Lipinski definition) is 3. The largest absolute Gasteiger partial charge is 0.507 e. The second-order valence-corrected chi connectivity index (χ2v) is 19.8. The van der Waals surface area contributed by atoms with Crippen LogP contribution >= 0.6 is 0 Å². The topological polar surface area (TPSA) is 50.9 Å². The quantitative estimate of drug-likeness (QED) is 0.173. The SMILES string of the molecule is [2H]C([2H])([2H])c1cc(-n2c(-c3cc(C)cc(C)c3O)nc3c(-c4cc(-c5cc(-c6ccc(C(C([2H])([2H])[2H])(C([2H])([2H])[2H])C([2H])([2H])[2H])cc6)ccn5)cc(C(C)(C)C)c4)cccc32)c(-c2ccccc2)cc1-c1ccc(C(C)(C)C)cc1.